The highest BCUT2D eigenvalue weighted by Gasteiger charge is 1.92. The van der Waals surface area contributed by atoms with Crippen LogP contribution in [0.25, 0.3) is 0 Å². The quantitative estimate of drug-likeness (QED) is 0.460. The van der Waals surface area contributed by atoms with E-state index in [0.717, 1.165) is 0 Å². The molecule has 9 heavy (non-hydrogen) atoms. The molecule has 0 heterocycles. The van der Waals surface area contributed by atoms with Crippen molar-refractivity contribution in [1.82, 2.24) is 0 Å². The van der Waals surface area contributed by atoms with E-state index in [2.05, 4.69) is 11.3 Å². The molecule has 0 aliphatic carbocycles. The number of rotatable bonds is 3. The molecule has 54 valence electrons. The Morgan fingerprint density at radius 2 is 2.33 bits per heavy atom. The Labute approximate surface area is 60.3 Å². The van der Waals surface area contributed by atoms with E-state index in [1.165, 1.54) is 6.08 Å². The number of hydrogen-bond acceptors (Lipinski definition) is 3. The molecule has 0 atom stereocenters. The van der Waals surface area contributed by atoms with Crippen molar-refractivity contribution in [3.05, 3.63) is 12.7 Å². The Morgan fingerprint density at radius 1 is 1.78 bits per heavy atom. The van der Waals surface area contributed by atoms with Crippen LogP contribution in [0.2, 0.25) is 0 Å². The van der Waals surface area contributed by atoms with Gasteiger partial charge in [0.2, 0.25) is 0 Å². The Morgan fingerprint density at radius 3 is 2.67 bits per heavy atom. The van der Waals surface area contributed by atoms with Crippen LogP contribution in [0, 0.1) is 0 Å². The lowest BCUT2D eigenvalue weighted by molar-refractivity contribution is -0.140. The van der Waals surface area contributed by atoms with Gasteiger partial charge in [0.1, 0.15) is 6.61 Å². The van der Waals surface area contributed by atoms with E-state index in [1.807, 2.05) is 0 Å². The third kappa shape index (κ3) is 7.46. The number of ether oxygens (including phenoxy) is 1. The van der Waals surface area contributed by atoms with E-state index >= 15 is 0 Å². The minimum absolute atomic E-state index is 0. The van der Waals surface area contributed by atoms with Crippen LogP contribution >= 0.6 is 12.4 Å². The predicted octanol–water partition coefficient (Wildman–Crippen LogP) is 0.0961. The first-order valence-electron chi connectivity index (χ1n) is 2.28. The minimum atomic E-state index is -0.398. The molecule has 0 saturated carbocycles. The molecule has 0 aliphatic heterocycles. The van der Waals surface area contributed by atoms with Crippen molar-refractivity contribution >= 4 is 18.4 Å². The van der Waals surface area contributed by atoms with Gasteiger partial charge in [-0.15, -0.1) is 12.4 Å². The van der Waals surface area contributed by atoms with E-state index < -0.39 is 5.97 Å². The van der Waals surface area contributed by atoms with Crippen LogP contribution in [-0.2, 0) is 9.53 Å². The molecule has 0 aromatic heterocycles. The van der Waals surface area contributed by atoms with E-state index in [0.29, 0.717) is 0 Å². The maximum absolute atomic E-state index is 10.2. The molecule has 0 saturated heterocycles. The maximum Gasteiger partial charge on any atom is 0.320 e. The smallest absolute Gasteiger partial charge is 0.320 e. The summed E-state index contributed by atoms with van der Waals surface area (Å²) in [4.78, 5) is 10.2. The summed E-state index contributed by atoms with van der Waals surface area (Å²) in [6.45, 7) is 3.53. The molecule has 0 unspecified atom stereocenters. The summed E-state index contributed by atoms with van der Waals surface area (Å²) in [7, 11) is 0. The van der Waals surface area contributed by atoms with Gasteiger partial charge in [0.05, 0.1) is 6.54 Å². The van der Waals surface area contributed by atoms with Gasteiger partial charge in [0.15, 0.2) is 0 Å². The lowest BCUT2D eigenvalue weighted by atomic mass is 10.6. The zero-order valence-electron chi connectivity index (χ0n) is 5.00. The monoisotopic (exact) mass is 151 g/mol. The lowest BCUT2D eigenvalue weighted by Crippen LogP contribution is -2.16. The fourth-order valence-electron chi connectivity index (χ4n) is 0.211. The van der Waals surface area contributed by atoms with Crippen molar-refractivity contribution in [1.29, 1.82) is 0 Å². The molecule has 0 amide bonds. The van der Waals surface area contributed by atoms with Crippen LogP contribution in [0.3, 0.4) is 0 Å². The first-order chi connectivity index (χ1) is 3.81. The van der Waals surface area contributed by atoms with Crippen LogP contribution in [-0.4, -0.2) is 19.1 Å². The second-order valence-corrected chi connectivity index (χ2v) is 1.18. The topological polar surface area (TPSA) is 52.3 Å². The van der Waals surface area contributed by atoms with E-state index in [1.54, 1.807) is 0 Å². The van der Waals surface area contributed by atoms with Gasteiger partial charge in [0.25, 0.3) is 0 Å². The summed E-state index contributed by atoms with van der Waals surface area (Å²) in [5.74, 6) is -0.398. The molecule has 0 radical (unpaired) electrons. The highest BCUT2D eigenvalue weighted by atomic mass is 35.5. The Hall–Kier alpha value is -0.540. The second-order valence-electron chi connectivity index (χ2n) is 1.18. The number of halogens is 1. The van der Waals surface area contributed by atoms with Gasteiger partial charge in [-0.05, 0) is 0 Å². The molecule has 0 aliphatic rings. The molecule has 0 fully saturated rings. The Balaban J connectivity index is 0. The molecule has 0 bridgehead atoms. The number of carbonyl (C=O) groups excluding carboxylic acids is 1. The van der Waals surface area contributed by atoms with Crippen molar-refractivity contribution < 1.29 is 9.53 Å². The third-order valence-corrected chi connectivity index (χ3v) is 0.529. The summed E-state index contributed by atoms with van der Waals surface area (Å²) in [5.41, 5.74) is 4.90. The summed E-state index contributed by atoms with van der Waals surface area (Å²) in [6.07, 6.45) is 1.49. The van der Waals surface area contributed by atoms with Crippen LogP contribution in [0.15, 0.2) is 12.7 Å². The van der Waals surface area contributed by atoms with Crippen molar-refractivity contribution in [3.63, 3.8) is 0 Å². The first kappa shape index (κ1) is 11.3. The second kappa shape index (κ2) is 7.46. The largest absolute Gasteiger partial charge is 0.461 e. The third-order valence-electron chi connectivity index (χ3n) is 0.529. The fourth-order valence-corrected chi connectivity index (χ4v) is 0.211. The molecule has 0 aromatic rings. The van der Waals surface area contributed by atoms with Gasteiger partial charge in [-0.3, -0.25) is 4.79 Å². The van der Waals surface area contributed by atoms with Gasteiger partial charge < -0.3 is 10.5 Å². The molecule has 4 heteroatoms. The van der Waals surface area contributed by atoms with Crippen molar-refractivity contribution in [2.75, 3.05) is 13.2 Å². The van der Waals surface area contributed by atoms with Gasteiger partial charge >= 0.3 is 5.97 Å². The SMILES string of the molecule is C=CCOC(=O)CN.Cl. The zero-order chi connectivity index (χ0) is 6.41. The molecular formula is C5H10ClNO2. The van der Waals surface area contributed by atoms with Gasteiger partial charge in [0, 0.05) is 0 Å². The Kier molecular flexibility index (Phi) is 9.35. The lowest BCUT2D eigenvalue weighted by Gasteiger charge is -1.94. The van der Waals surface area contributed by atoms with E-state index in [4.69, 9.17) is 5.73 Å². The molecule has 3 nitrogen and oxygen atoms in total. The van der Waals surface area contributed by atoms with Crippen LogP contribution in [0.1, 0.15) is 0 Å². The highest BCUT2D eigenvalue weighted by Crippen LogP contribution is 1.73. The zero-order valence-corrected chi connectivity index (χ0v) is 5.82. The summed E-state index contributed by atoms with van der Waals surface area (Å²) >= 11 is 0. The van der Waals surface area contributed by atoms with Crippen LogP contribution in [0.4, 0.5) is 0 Å². The average Bonchev–Trinajstić information content (AvgIpc) is 1.83. The fraction of sp³-hybridized carbons (Fsp3) is 0.400. The molecule has 2 N–H and O–H groups in total. The van der Waals surface area contributed by atoms with Crippen molar-refractivity contribution in [3.8, 4) is 0 Å². The molecular weight excluding hydrogens is 142 g/mol. The number of nitrogens with two attached hydrogens (primary N) is 1. The van der Waals surface area contributed by atoms with E-state index in [-0.39, 0.29) is 25.6 Å². The highest BCUT2D eigenvalue weighted by molar-refractivity contribution is 5.85. The predicted molar refractivity (Wildman–Crippen MR) is 37.5 cm³/mol. The van der Waals surface area contributed by atoms with Crippen molar-refractivity contribution in [2.45, 2.75) is 0 Å². The maximum atomic E-state index is 10.2. The first-order valence-corrected chi connectivity index (χ1v) is 2.28. The van der Waals surface area contributed by atoms with Crippen LogP contribution < -0.4 is 5.73 Å². The average molecular weight is 152 g/mol. The van der Waals surface area contributed by atoms with Crippen LogP contribution in [0.5, 0.6) is 0 Å². The van der Waals surface area contributed by atoms with E-state index in [9.17, 15) is 4.79 Å². The number of esters is 1. The summed E-state index contributed by atoms with van der Waals surface area (Å²) in [5, 5.41) is 0. The molecule has 0 aromatic carbocycles. The summed E-state index contributed by atoms with van der Waals surface area (Å²) in [6, 6.07) is 0. The standard InChI is InChI=1S/C5H9NO2.ClH/c1-2-3-8-5(7)4-6;/h2H,1,3-4,6H2;1H. The van der Waals surface area contributed by atoms with Gasteiger partial charge in [-0.25, -0.2) is 0 Å². The number of carbonyl (C=O) groups is 1. The molecule has 0 spiro atoms. The summed E-state index contributed by atoms with van der Waals surface area (Å²) < 4.78 is 4.46. The normalized spacial score (nSPS) is 7.22. The van der Waals surface area contributed by atoms with Gasteiger partial charge in [-0.2, -0.15) is 0 Å². The van der Waals surface area contributed by atoms with Crippen molar-refractivity contribution in [2.24, 2.45) is 5.73 Å². The minimum Gasteiger partial charge on any atom is -0.461 e. The van der Waals surface area contributed by atoms with Gasteiger partial charge in [-0.1, -0.05) is 12.7 Å². The molecule has 0 rings (SSSR count). The number of hydrogen-bond donors (Lipinski definition) is 1. The Bertz CT molecular complexity index is 95.0.